The highest BCUT2D eigenvalue weighted by atomic mass is 15.1. The lowest BCUT2D eigenvalue weighted by Crippen LogP contribution is -2.17. The van der Waals surface area contributed by atoms with Crippen molar-refractivity contribution in [3.05, 3.63) is 11.9 Å². The Balaban J connectivity index is 3.56. The van der Waals surface area contributed by atoms with Gasteiger partial charge in [-0.15, -0.1) is 0 Å². The Morgan fingerprint density at radius 3 is 2.00 bits per heavy atom. The second kappa shape index (κ2) is 2.50. The molecule has 0 aromatic heterocycles. The van der Waals surface area contributed by atoms with Crippen molar-refractivity contribution in [3.8, 4) is 0 Å². The Morgan fingerprint density at radius 2 is 2.00 bits per heavy atom. The predicted molar refractivity (Wildman–Crippen MR) is 31.6 cm³/mol. The molecule has 0 radical (unpaired) electrons. The standard InChI is InChI=1S/C5H12N2/c1-4-5(6)7(2)3/h4H,6H2,1-3H3/b5-4+. The molecular formula is C5H12N2. The van der Waals surface area contributed by atoms with Crippen LogP contribution in [0.3, 0.4) is 0 Å². The third-order valence-corrected chi connectivity index (χ3v) is 0.812. The first-order chi connectivity index (χ1) is 3.18. The maximum atomic E-state index is 5.40. The van der Waals surface area contributed by atoms with Crippen molar-refractivity contribution < 1.29 is 0 Å². The van der Waals surface area contributed by atoms with Crippen molar-refractivity contribution in [3.63, 3.8) is 0 Å². The van der Waals surface area contributed by atoms with Crippen molar-refractivity contribution in [2.45, 2.75) is 6.92 Å². The maximum absolute atomic E-state index is 5.40. The molecule has 0 atom stereocenters. The largest absolute Gasteiger partial charge is 0.386 e. The van der Waals surface area contributed by atoms with E-state index in [4.69, 9.17) is 5.73 Å². The van der Waals surface area contributed by atoms with Crippen LogP contribution in [0.1, 0.15) is 6.92 Å². The van der Waals surface area contributed by atoms with Gasteiger partial charge in [0.05, 0.1) is 5.82 Å². The van der Waals surface area contributed by atoms with Gasteiger partial charge in [-0.05, 0) is 13.0 Å². The monoisotopic (exact) mass is 100 g/mol. The summed E-state index contributed by atoms with van der Waals surface area (Å²) in [6, 6.07) is 0. The molecule has 0 aromatic carbocycles. The van der Waals surface area contributed by atoms with E-state index in [-0.39, 0.29) is 0 Å². The smallest absolute Gasteiger partial charge is 0.0937 e. The van der Waals surface area contributed by atoms with Gasteiger partial charge in [-0.3, -0.25) is 0 Å². The zero-order valence-corrected chi connectivity index (χ0v) is 5.10. The Morgan fingerprint density at radius 1 is 1.57 bits per heavy atom. The molecule has 42 valence electrons. The third kappa shape index (κ3) is 2.09. The van der Waals surface area contributed by atoms with Gasteiger partial charge in [-0.1, -0.05) is 0 Å². The van der Waals surface area contributed by atoms with Crippen LogP contribution in [-0.4, -0.2) is 19.0 Å². The summed E-state index contributed by atoms with van der Waals surface area (Å²) in [5.41, 5.74) is 5.40. The van der Waals surface area contributed by atoms with Crippen LogP contribution in [0.5, 0.6) is 0 Å². The Hall–Kier alpha value is -0.660. The highest BCUT2D eigenvalue weighted by Gasteiger charge is 1.83. The van der Waals surface area contributed by atoms with Gasteiger partial charge in [0.1, 0.15) is 0 Å². The SMILES string of the molecule is C/C=C(\N)N(C)C. The molecule has 0 spiro atoms. The molecule has 0 aliphatic carbocycles. The molecule has 0 rings (SSSR count). The highest BCUT2D eigenvalue weighted by Crippen LogP contribution is 1.83. The summed E-state index contributed by atoms with van der Waals surface area (Å²) in [6.07, 6.45) is 1.86. The number of nitrogens with zero attached hydrogens (tertiary/aromatic N) is 1. The maximum Gasteiger partial charge on any atom is 0.0937 e. The van der Waals surface area contributed by atoms with Gasteiger partial charge >= 0.3 is 0 Å². The van der Waals surface area contributed by atoms with E-state index in [1.807, 2.05) is 32.0 Å². The summed E-state index contributed by atoms with van der Waals surface area (Å²) < 4.78 is 0. The van der Waals surface area contributed by atoms with E-state index >= 15 is 0 Å². The van der Waals surface area contributed by atoms with Gasteiger partial charge in [0, 0.05) is 14.1 Å². The first-order valence-electron chi connectivity index (χ1n) is 2.27. The Bertz CT molecular complexity index is 74.1. The van der Waals surface area contributed by atoms with E-state index in [9.17, 15) is 0 Å². The topological polar surface area (TPSA) is 29.3 Å². The minimum Gasteiger partial charge on any atom is -0.386 e. The molecule has 2 N–H and O–H groups in total. The van der Waals surface area contributed by atoms with Crippen LogP contribution in [0, 0.1) is 0 Å². The second-order valence-corrected chi connectivity index (χ2v) is 1.61. The van der Waals surface area contributed by atoms with Crippen molar-refractivity contribution in [1.29, 1.82) is 0 Å². The Kier molecular flexibility index (Phi) is 2.27. The van der Waals surface area contributed by atoms with Crippen LogP contribution < -0.4 is 5.73 Å². The minimum absolute atomic E-state index is 0.806. The molecule has 0 fully saturated rings. The number of nitrogens with two attached hydrogens (primary N) is 1. The van der Waals surface area contributed by atoms with E-state index in [0.29, 0.717) is 0 Å². The van der Waals surface area contributed by atoms with E-state index < -0.39 is 0 Å². The van der Waals surface area contributed by atoms with Gasteiger partial charge in [-0.25, -0.2) is 0 Å². The molecule has 0 aromatic rings. The molecule has 0 heterocycles. The fraction of sp³-hybridized carbons (Fsp3) is 0.600. The van der Waals surface area contributed by atoms with Crippen LogP contribution in [0.25, 0.3) is 0 Å². The summed E-state index contributed by atoms with van der Waals surface area (Å²) in [6.45, 7) is 1.91. The van der Waals surface area contributed by atoms with Crippen LogP contribution in [-0.2, 0) is 0 Å². The lowest BCUT2D eigenvalue weighted by molar-refractivity contribution is 0.504. The first-order valence-corrected chi connectivity index (χ1v) is 2.27. The molecule has 7 heavy (non-hydrogen) atoms. The average molecular weight is 100 g/mol. The zero-order valence-electron chi connectivity index (χ0n) is 5.10. The number of hydrogen-bond donors (Lipinski definition) is 1. The number of allylic oxidation sites excluding steroid dienone is 1. The van der Waals surface area contributed by atoms with E-state index in [1.165, 1.54) is 0 Å². The predicted octanol–water partition coefficient (Wildman–Crippen LogP) is 0.368. The van der Waals surface area contributed by atoms with Crippen LogP contribution >= 0.6 is 0 Å². The molecule has 2 heteroatoms. The summed E-state index contributed by atoms with van der Waals surface area (Å²) in [7, 11) is 3.82. The van der Waals surface area contributed by atoms with Crippen LogP contribution in [0.4, 0.5) is 0 Å². The molecular weight excluding hydrogens is 88.1 g/mol. The molecule has 0 amide bonds. The van der Waals surface area contributed by atoms with Crippen LogP contribution in [0.2, 0.25) is 0 Å². The lowest BCUT2D eigenvalue weighted by Gasteiger charge is -2.09. The number of rotatable bonds is 1. The molecule has 0 aliphatic rings. The fourth-order valence-corrected chi connectivity index (χ4v) is 0.258. The van der Waals surface area contributed by atoms with E-state index in [0.717, 1.165) is 5.82 Å². The second-order valence-electron chi connectivity index (χ2n) is 1.61. The van der Waals surface area contributed by atoms with E-state index in [2.05, 4.69) is 0 Å². The van der Waals surface area contributed by atoms with Gasteiger partial charge in [0.25, 0.3) is 0 Å². The van der Waals surface area contributed by atoms with Gasteiger partial charge in [0.2, 0.25) is 0 Å². The number of hydrogen-bond acceptors (Lipinski definition) is 2. The Labute approximate surface area is 44.6 Å². The van der Waals surface area contributed by atoms with Crippen LogP contribution in [0.15, 0.2) is 11.9 Å². The van der Waals surface area contributed by atoms with Crippen molar-refractivity contribution >= 4 is 0 Å². The first kappa shape index (κ1) is 6.34. The summed E-state index contributed by atoms with van der Waals surface area (Å²) >= 11 is 0. The van der Waals surface area contributed by atoms with Gasteiger partial charge in [-0.2, -0.15) is 0 Å². The third-order valence-electron chi connectivity index (χ3n) is 0.812. The molecule has 0 bridgehead atoms. The summed E-state index contributed by atoms with van der Waals surface area (Å²) in [4.78, 5) is 1.86. The lowest BCUT2D eigenvalue weighted by atomic mass is 10.6. The molecule has 0 aliphatic heterocycles. The van der Waals surface area contributed by atoms with Gasteiger partial charge < -0.3 is 10.6 Å². The molecule has 0 saturated carbocycles. The van der Waals surface area contributed by atoms with E-state index in [1.54, 1.807) is 0 Å². The summed E-state index contributed by atoms with van der Waals surface area (Å²) in [5.74, 6) is 0.806. The molecule has 2 nitrogen and oxygen atoms in total. The average Bonchev–Trinajstić information content (AvgIpc) is 1.65. The summed E-state index contributed by atoms with van der Waals surface area (Å²) in [5, 5.41) is 0. The molecule has 0 unspecified atom stereocenters. The van der Waals surface area contributed by atoms with Gasteiger partial charge in [0.15, 0.2) is 0 Å². The molecule has 0 saturated heterocycles. The minimum atomic E-state index is 0.806. The normalized spacial score (nSPS) is 11.6. The highest BCUT2D eigenvalue weighted by molar-refractivity contribution is 4.89. The van der Waals surface area contributed by atoms with Crippen molar-refractivity contribution in [2.24, 2.45) is 5.73 Å². The van der Waals surface area contributed by atoms with Crippen molar-refractivity contribution in [1.82, 2.24) is 4.90 Å². The quantitative estimate of drug-likeness (QED) is 0.515. The zero-order chi connectivity index (χ0) is 5.86. The fourth-order valence-electron chi connectivity index (χ4n) is 0.258. The van der Waals surface area contributed by atoms with Crippen molar-refractivity contribution in [2.75, 3.05) is 14.1 Å².